The summed E-state index contributed by atoms with van der Waals surface area (Å²) in [6.45, 7) is 1.85. The Labute approximate surface area is 115 Å². The number of hydrogen-bond acceptors (Lipinski definition) is 7. The zero-order valence-corrected chi connectivity index (χ0v) is 10.8. The van der Waals surface area contributed by atoms with Gasteiger partial charge in [-0.15, -0.1) is 0 Å². The molecule has 0 spiro atoms. The first-order valence-electron chi connectivity index (χ1n) is 5.82. The summed E-state index contributed by atoms with van der Waals surface area (Å²) in [5.41, 5.74) is 14.9. The van der Waals surface area contributed by atoms with Gasteiger partial charge in [0.15, 0.2) is 11.6 Å². The number of hydrogen-bond donors (Lipinski definition) is 5. The third-order valence-electron chi connectivity index (χ3n) is 2.70. The Balaban J connectivity index is 2.10. The summed E-state index contributed by atoms with van der Waals surface area (Å²) in [6, 6.07) is 7.23. The number of carbonyl (C=O) groups is 1. The lowest BCUT2D eigenvalue weighted by atomic mass is 10.1. The molecule has 0 saturated heterocycles. The van der Waals surface area contributed by atoms with E-state index in [4.69, 9.17) is 11.6 Å². The van der Waals surface area contributed by atoms with Crippen LogP contribution >= 0.6 is 0 Å². The smallest absolute Gasteiger partial charge is 0.269 e. The van der Waals surface area contributed by atoms with E-state index in [0.29, 0.717) is 5.56 Å². The van der Waals surface area contributed by atoms with Crippen LogP contribution in [0.1, 0.15) is 15.9 Å². The van der Waals surface area contributed by atoms with E-state index in [9.17, 15) is 4.79 Å². The van der Waals surface area contributed by atoms with Crippen LogP contribution in [0.15, 0.2) is 30.6 Å². The van der Waals surface area contributed by atoms with E-state index < -0.39 is 0 Å². The molecule has 1 aromatic heterocycles. The molecule has 20 heavy (non-hydrogen) atoms. The lowest BCUT2D eigenvalue weighted by Crippen LogP contribution is -2.31. The second-order valence-electron chi connectivity index (χ2n) is 4.02. The number of nitrogens with one attached hydrogen (secondary N) is 3. The highest BCUT2D eigenvalue weighted by Crippen LogP contribution is 2.20. The average molecular weight is 273 g/mol. The summed E-state index contributed by atoms with van der Waals surface area (Å²) in [4.78, 5) is 19.8. The van der Waals surface area contributed by atoms with E-state index in [1.807, 2.05) is 19.1 Å². The molecule has 0 aliphatic carbocycles. The second-order valence-corrected chi connectivity index (χ2v) is 4.02. The van der Waals surface area contributed by atoms with Crippen LogP contribution in [0, 0.1) is 6.92 Å². The maximum absolute atomic E-state index is 12.0. The topological polar surface area (TPSA) is 131 Å². The quantitative estimate of drug-likeness (QED) is 0.402. The molecule has 7 N–H and O–H groups in total. The van der Waals surface area contributed by atoms with Gasteiger partial charge in [0, 0.05) is 5.56 Å². The number of rotatable bonds is 4. The molecule has 0 radical (unpaired) electrons. The number of nitrogens with two attached hydrogens (primary N) is 2. The fourth-order valence-corrected chi connectivity index (χ4v) is 1.62. The zero-order valence-electron chi connectivity index (χ0n) is 10.8. The summed E-state index contributed by atoms with van der Waals surface area (Å²) in [5, 5.41) is 0. The Bertz CT molecular complexity index is 629. The van der Waals surface area contributed by atoms with E-state index in [1.165, 1.54) is 6.33 Å². The molecule has 1 aromatic carbocycles. The molecule has 0 fully saturated rings. The van der Waals surface area contributed by atoms with E-state index in [-0.39, 0.29) is 23.2 Å². The van der Waals surface area contributed by atoms with Gasteiger partial charge in [-0.25, -0.2) is 15.8 Å². The fraction of sp³-hybridized carbons (Fsp3) is 0.0833. The van der Waals surface area contributed by atoms with Gasteiger partial charge >= 0.3 is 0 Å². The number of aromatic nitrogens is 2. The number of nitrogens with zero attached hydrogens (tertiary/aromatic N) is 2. The first kappa shape index (κ1) is 13.6. The highest BCUT2D eigenvalue weighted by Gasteiger charge is 2.10. The molecular formula is C12H15N7O. The summed E-state index contributed by atoms with van der Waals surface area (Å²) >= 11 is 0. The molecule has 2 rings (SSSR count). The normalized spacial score (nSPS) is 9.90. The molecule has 0 atom stereocenters. The van der Waals surface area contributed by atoms with Crippen LogP contribution in [0.4, 0.5) is 17.3 Å². The van der Waals surface area contributed by atoms with Crippen molar-refractivity contribution in [3.63, 3.8) is 0 Å². The molecule has 0 aliphatic rings. The van der Waals surface area contributed by atoms with Crippen molar-refractivity contribution in [2.45, 2.75) is 6.92 Å². The highest BCUT2D eigenvalue weighted by molar-refractivity contribution is 5.96. The third-order valence-corrected chi connectivity index (χ3v) is 2.70. The van der Waals surface area contributed by atoms with Crippen molar-refractivity contribution in [1.29, 1.82) is 0 Å². The van der Waals surface area contributed by atoms with Crippen LogP contribution in [0.3, 0.4) is 0 Å². The molecular weight excluding hydrogens is 258 g/mol. The van der Waals surface area contributed by atoms with Gasteiger partial charge in [0.1, 0.15) is 12.0 Å². The van der Waals surface area contributed by atoms with E-state index in [1.54, 1.807) is 12.1 Å². The van der Waals surface area contributed by atoms with Crippen LogP contribution < -0.4 is 27.9 Å². The van der Waals surface area contributed by atoms with Gasteiger partial charge in [-0.2, -0.15) is 0 Å². The molecule has 0 unspecified atom stereocenters. The molecule has 0 saturated carbocycles. The monoisotopic (exact) mass is 273 g/mol. The molecule has 104 valence electrons. The molecule has 0 bridgehead atoms. The highest BCUT2D eigenvalue weighted by atomic mass is 16.2. The lowest BCUT2D eigenvalue weighted by Gasteiger charge is -2.12. The van der Waals surface area contributed by atoms with Gasteiger partial charge in [-0.3, -0.25) is 15.6 Å². The standard InChI is InChI=1S/C12H15N7O/c1-7-4-2-3-5-8(7)12(20)19-18-11-9(13)10(17-14)15-6-16-11/h2-6H,13-14H2,1H3,(H,19,20)(H2,15,16,17,18). The van der Waals surface area contributed by atoms with Crippen molar-refractivity contribution >= 4 is 23.2 Å². The number of anilines is 3. The zero-order chi connectivity index (χ0) is 14.5. The van der Waals surface area contributed by atoms with Gasteiger partial charge in [0.05, 0.1) is 0 Å². The van der Waals surface area contributed by atoms with Crippen molar-refractivity contribution in [1.82, 2.24) is 15.4 Å². The second kappa shape index (κ2) is 5.85. The maximum atomic E-state index is 12.0. The van der Waals surface area contributed by atoms with E-state index >= 15 is 0 Å². The van der Waals surface area contributed by atoms with E-state index in [0.717, 1.165) is 5.56 Å². The average Bonchev–Trinajstić information content (AvgIpc) is 2.46. The van der Waals surface area contributed by atoms with Gasteiger partial charge < -0.3 is 11.2 Å². The van der Waals surface area contributed by atoms with Crippen LogP contribution in [0.25, 0.3) is 0 Å². The molecule has 1 amide bonds. The predicted molar refractivity (Wildman–Crippen MR) is 76.5 cm³/mol. The Morgan fingerprint density at radius 1 is 1.20 bits per heavy atom. The third kappa shape index (κ3) is 2.75. The van der Waals surface area contributed by atoms with Crippen LogP contribution in [0.2, 0.25) is 0 Å². The Kier molecular flexibility index (Phi) is 3.96. The molecule has 1 heterocycles. The Morgan fingerprint density at radius 3 is 2.60 bits per heavy atom. The van der Waals surface area contributed by atoms with Gasteiger partial charge in [-0.05, 0) is 18.6 Å². The number of benzene rings is 1. The minimum absolute atomic E-state index is 0.208. The van der Waals surface area contributed by atoms with Gasteiger partial charge in [-0.1, -0.05) is 18.2 Å². The Morgan fingerprint density at radius 2 is 1.90 bits per heavy atom. The minimum Gasteiger partial charge on any atom is -0.393 e. The van der Waals surface area contributed by atoms with Crippen molar-refractivity contribution in [2.75, 3.05) is 16.6 Å². The van der Waals surface area contributed by atoms with Crippen LogP contribution in [-0.2, 0) is 0 Å². The number of amides is 1. The number of hydrazine groups is 2. The molecule has 8 nitrogen and oxygen atoms in total. The van der Waals surface area contributed by atoms with Gasteiger partial charge in [0.25, 0.3) is 5.91 Å². The van der Waals surface area contributed by atoms with Crippen molar-refractivity contribution in [3.05, 3.63) is 41.7 Å². The number of aryl methyl sites for hydroxylation is 1. The van der Waals surface area contributed by atoms with Crippen LogP contribution in [-0.4, -0.2) is 15.9 Å². The summed E-state index contributed by atoms with van der Waals surface area (Å²) in [5.74, 6) is 5.49. The Hall–Kier alpha value is -2.87. The lowest BCUT2D eigenvalue weighted by molar-refractivity contribution is 0.0962. The SMILES string of the molecule is Cc1ccccc1C(=O)NNc1ncnc(NN)c1N. The first-order chi connectivity index (χ1) is 9.63. The van der Waals surface area contributed by atoms with E-state index in [2.05, 4.69) is 26.2 Å². The van der Waals surface area contributed by atoms with Gasteiger partial charge in [0.2, 0.25) is 0 Å². The first-order valence-corrected chi connectivity index (χ1v) is 5.82. The molecule has 0 aliphatic heterocycles. The molecule has 8 heteroatoms. The van der Waals surface area contributed by atoms with Crippen molar-refractivity contribution in [3.8, 4) is 0 Å². The number of carbonyl (C=O) groups excluding carboxylic acids is 1. The maximum Gasteiger partial charge on any atom is 0.269 e. The minimum atomic E-state index is -0.289. The number of nitrogen functional groups attached to an aromatic ring is 2. The summed E-state index contributed by atoms with van der Waals surface area (Å²) < 4.78 is 0. The fourth-order valence-electron chi connectivity index (χ4n) is 1.62. The predicted octanol–water partition coefficient (Wildman–Crippen LogP) is 0.410. The van der Waals surface area contributed by atoms with Crippen LogP contribution in [0.5, 0.6) is 0 Å². The summed E-state index contributed by atoms with van der Waals surface area (Å²) in [7, 11) is 0. The van der Waals surface area contributed by atoms with Crippen molar-refractivity contribution < 1.29 is 4.79 Å². The molecule has 2 aromatic rings. The largest absolute Gasteiger partial charge is 0.393 e. The van der Waals surface area contributed by atoms with Crippen molar-refractivity contribution in [2.24, 2.45) is 5.84 Å². The summed E-state index contributed by atoms with van der Waals surface area (Å²) in [6.07, 6.45) is 1.27.